The van der Waals surface area contributed by atoms with E-state index in [1.54, 1.807) is 73.7 Å². The van der Waals surface area contributed by atoms with Gasteiger partial charge >= 0.3 is 29.8 Å². The Hall–Kier alpha value is -9.77. The largest absolute Gasteiger partial charge is 0.455 e. The number of nitrogens with zero attached hydrogens (tertiary/aromatic N) is 2. The van der Waals surface area contributed by atoms with Crippen molar-refractivity contribution in [2.24, 2.45) is 21.8 Å². The first-order valence-corrected chi connectivity index (χ1v) is 28.6. The number of rotatable bonds is 16. The van der Waals surface area contributed by atoms with Crippen LogP contribution in [0.1, 0.15) is 120 Å². The Bertz CT molecular complexity index is 3770. The second kappa shape index (κ2) is 24.4. The molecule has 0 radical (unpaired) electrons. The zero-order valence-electron chi connectivity index (χ0n) is 49.5. The first kappa shape index (κ1) is 62.3. The number of aliphatic hydroxyl groups excluding tert-OH is 1. The van der Waals surface area contributed by atoms with Gasteiger partial charge in [0.05, 0.1) is 46.6 Å². The number of hydrazone groups is 1. The van der Waals surface area contributed by atoms with Crippen molar-refractivity contribution in [2.75, 3.05) is 11.5 Å². The van der Waals surface area contributed by atoms with Crippen LogP contribution in [0.2, 0.25) is 0 Å². The molecule has 2 bridgehead atoms. The van der Waals surface area contributed by atoms with Crippen LogP contribution in [0.3, 0.4) is 0 Å². The van der Waals surface area contributed by atoms with Crippen LogP contribution in [-0.4, -0.2) is 130 Å². The molecule has 4 N–H and O–H groups in total. The number of amides is 4. The number of ether oxygens (including phenoxy) is 6. The second-order valence-corrected chi connectivity index (χ2v) is 23.3. The number of hydrogen-bond donors (Lipinski definition) is 4. The van der Waals surface area contributed by atoms with Crippen molar-refractivity contribution in [2.45, 2.75) is 115 Å². The Morgan fingerprint density at radius 1 is 0.685 bits per heavy atom. The molecule has 2 heterocycles. The molecule has 0 unspecified atom stereocenters. The summed E-state index contributed by atoms with van der Waals surface area (Å²) in [6.45, 7) is 9.29. The average Bonchev–Trinajstić information content (AvgIpc) is 0.899. The number of carbonyl (C=O) groups is 10. The number of esters is 5. The minimum absolute atomic E-state index is 0.0122. The lowest BCUT2D eigenvalue weighted by Crippen LogP contribution is -2.82. The molecule has 460 valence electrons. The zero-order chi connectivity index (χ0) is 63.9. The van der Waals surface area contributed by atoms with E-state index in [9.17, 15) is 48.6 Å². The first-order valence-electron chi connectivity index (χ1n) is 28.6. The number of fused-ring (bicyclic) bond motifs is 5. The monoisotopic (exact) mass is 1210 g/mol. The molecule has 3 aliphatic carbocycles. The zero-order valence-corrected chi connectivity index (χ0v) is 49.5. The van der Waals surface area contributed by atoms with Gasteiger partial charge in [0.2, 0.25) is 6.10 Å². The molecule has 2 aliphatic heterocycles. The number of hydrogen-bond acceptors (Lipinski definition) is 19. The van der Waals surface area contributed by atoms with Crippen molar-refractivity contribution in [3.63, 3.8) is 0 Å². The van der Waals surface area contributed by atoms with Crippen LogP contribution in [0.5, 0.6) is 0 Å². The molecule has 10 rings (SSSR count). The molecule has 0 aromatic heterocycles. The standard InChI is InChI=1S/C67H64N4O18/c1-36-47(34-67(83)58(88-62(81)43-22-15-10-16-23-43)56-65(7,48(74)33-49-66(56,35-84-49)89-39(4)73)57(77)54(85-38(3)72)52(36)64(67,5)6)86-63(82)55(53(41-18-11-8-12-19-41)68-59(78)42-20-13-9-14-21-42)87-61(80)44-28-26-40(27-29-44)37(2)69-70-60(79)45-24-17-25-46(32-45)71-50(75)30-31-51(71)76/h8-32,47-49,53-56,58,74,83H,33-35H2,1-7H3,(H,68,78)(H,70,79)/b69-37+/t47-,48-,49+,53-,54+,55+,56-,58-,65+,66-,67+/m0/s1. The molecule has 22 nitrogen and oxygen atoms in total. The Morgan fingerprint density at radius 3 is 1.87 bits per heavy atom. The number of carbonyl (C=O) groups excluding carboxylic acids is 10. The highest BCUT2D eigenvalue weighted by molar-refractivity contribution is 6.28. The molecule has 5 aromatic carbocycles. The summed E-state index contributed by atoms with van der Waals surface area (Å²) in [7, 11) is 0. The first-order chi connectivity index (χ1) is 42.3. The molecular weight excluding hydrogens is 1150 g/mol. The third-order valence-electron chi connectivity index (χ3n) is 17.7. The number of anilines is 1. The summed E-state index contributed by atoms with van der Waals surface area (Å²) in [5, 5.41) is 33.5. The van der Waals surface area contributed by atoms with E-state index in [0.29, 0.717) is 5.56 Å². The van der Waals surface area contributed by atoms with Crippen LogP contribution >= 0.6 is 0 Å². The van der Waals surface area contributed by atoms with Gasteiger partial charge in [0.1, 0.15) is 30.0 Å². The predicted molar refractivity (Wildman–Crippen MR) is 315 cm³/mol. The van der Waals surface area contributed by atoms with Gasteiger partial charge < -0.3 is 44.0 Å². The highest BCUT2D eigenvalue weighted by Gasteiger charge is 2.78. The Kier molecular flexibility index (Phi) is 17.1. The molecule has 22 heteroatoms. The Morgan fingerprint density at radius 2 is 1.27 bits per heavy atom. The van der Waals surface area contributed by atoms with Crippen molar-refractivity contribution < 1.29 is 86.6 Å². The fraction of sp³-hybridized carbons (Fsp3) is 0.328. The quantitative estimate of drug-likeness (QED) is 0.0214. The number of aliphatic hydroxyl groups is 2. The predicted octanol–water partition coefficient (Wildman–Crippen LogP) is 6.18. The van der Waals surface area contributed by atoms with Gasteiger partial charge in [-0.05, 0) is 97.6 Å². The van der Waals surface area contributed by atoms with Crippen molar-refractivity contribution in [1.82, 2.24) is 10.7 Å². The van der Waals surface area contributed by atoms with Crippen LogP contribution in [0, 0.1) is 16.7 Å². The average molecular weight is 1210 g/mol. The van der Waals surface area contributed by atoms with E-state index in [2.05, 4.69) is 15.8 Å². The molecule has 3 fully saturated rings. The fourth-order valence-corrected chi connectivity index (χ4v) is 13.0. The fourth-order valence-electron chi connectivity index (χ4n) is 13.0. The van der Waals surface area contributed by atoms with E-state index in [-0.39, 0.29) is 63.4 Å². The number of benzene rings is 5. The van der Waals surface area contributed by atoms with E-state index in [4.69, 9.17) is 28.4 Å². The summed E-state index contributed by atoms with van der Waals surface area (Å²) in [6.07, 6.45) is -9.08. The minimum atomic E-state index is -2.54. The third-order valence-corrected chi connectivity index (χ3v) is 17.7. The summed E-state index contributed by atoms with van der Waals surface area (Å²) in [5.41, 5.74) is -4.63. The Labute approximate surface area is 510 Å². The normalized spacial score (nSPS) is 26.6. The van der Waals surface area contributed by atoms with Crippen molar-refractivity contribution in [1.29, 1.82) is 0 Å². The summed E-state index contributed by atoms with van der Waals surface area (Å²) in [6, 6.07) is 33.8. The molecule has 0 spiro atoms. The number of Topliss-reactive ketones (excluding diaryl/α,β-unsaturated/α-hetero) is 1. The van der Waals surface area contributed by atoms with Gasteiger partial charge in [-0.25, -0.2) is 24.7 Å². The summed E-state index contributed by atoms with van der Waals surface area (Å²) >= 11 is 0. The lowest BCUT2D eigenvalue weighted by molar-refractivity contribution is -0.346. The summed E-state index contributed by atoms with van der Waals surface area (Å²) in [4.78, 5) is 141. The maximum atomic E-state index is 15.9. The number of imide groups is 1. The van der Waals surface area contributed by atoms with Crippen LogP contribution in [0.4, 0.5) is 5.69 Å². The van der Waals surface area contributed by atoms with Crippen LogP contribution in [-0.2, 0) is 57.2 Å². The SMILES string of the molecule is CC(=O)O[C@H]1C(=O)[C@@]2(C)[C@H]([C@H](OC(=O)c3ccccc3)[C@]3(O)C[C@H](OC(=O)[C@H](OC(=O)c4ccc(/C(C)=N/NC(=O)c5cccc(N6C(=O)C=CC6=O)c5)cc4)[C@@H](NC(=O)c4ccccc4)c4ccccc4)C(C)=C1C3(C)C)[C@]1(OC(C)=O)CO[C@@H]1C[C@@H]2O. The van der Waals surface area contributed by atoms with Gasteiger partial charge in [0.25, 0.3) is 23.6 Å². The molecule has 1 saturated heterocycles. The molecule has 4 amide bonds. The molecule has 5 aliphatic rings. The van der Waals surface area contributed by atoms with Crippen molar-refractivity contribution in [3.8, 4) is 0 Å². The Balaban J connectivity index is 1.03. The number of nitrogens with one attached hydrogen (secondary N) is 2. The van der Waals surface area contributed by atoms with Gasteiger partial charge in [0, 0.05) is 55.4 Å². The van der Waals surface area contributed by atoms with Gasteiger partial charge in [-0.1, -0.05) is 98.8 Å². The smallest absolute Gasteiger partial charge is 0.350 e. The molecule has 11 atom stereocenters. The van der Waals surface area contributed by atoms with Gasteiger partial charge in [-0.2, -0.15) is 5.10 Å². The van der Waals surface area contributed by atoms with Crippen LogP contribution in [0.15, 0.2) is 168 Å². The van der Waals surface area contributed by atoms with E-state index in [1.165, 1.54) is 100 Å². The highest BCUT2D eigenvalue weighted by Crippen LogP contribution is 2.64. The molecular formula is C67H64N4O18. The molecule has 89 heavy (non-hydrogen) atoms. The molecule has 2 saturated carbocycles. The lowest BCUT2D eigenvalue weighted by Gasteiger charge is -2.67. The number of ketones is 1. The van der Waals surface area contributed by atoms with Gasteiger partial charge in [-0.3, -0.25) is 33.6 Å². The summed E-state index contributed by atoms with van der Waals surface area (Å²) < 4.78 is 37.3. The van der Waals surface area contributed by atoms with Crippen LogP contribution < -0.4 is 15.6 Å². The highest BCUT2D eigenvalue weighted by atomic mass is 16.6. The van der Waals surface area contributed by atoms with Crippen molar-refractivity contribution >= 4 is 70.7 Å². The molecule has 5 aromatic rings. The maximum absolute atomic E-state index is 15.9. The maximum Gasteiger partial charge on any atom is 0.350 e. The topological polar surface area (TPSA) is 306 Å². The van der Waals surface area contributed by atoms with E-state index in [0.717, 1.165) is 30.9 Å². The van der Waals surface area contributed by atoms with E-state index < -0.39 is 136 Å². The summed E-state index contributed by atoms with van der Waals surface area (Å²) in [5.74, 6) is -10.2. The minimum Gasteiger partial charge on any atom is -0.455 e. The lowest BCUT2D eigenvalue weighted by atomic mass is 9.44. The van der Waals surface area contributed by atoms with Crippen molar-refractivity contribution in [3.05, 3.63) is 196 Å². The third kappa shape index (κ3) is 11.5. The second-order valence-electron chi connectivity index (χ2n) is 23.3. The van der Waals surface area contributed by atoms with Gasteiger partial charge in [-0.15, -0.1) is 0 Å². The van der Waals surface area contributed by atoms with E-state index >= 15 is 9.59 Å². The van der Waals surface area contributed by atoms with E-state index in [1.807, 2.05) is 0 Å². The van der Waals surface area contributed by atoms with Crippen LogP contribution in [0.25, 0.3) is 0 Å². The van der Waals surface area contributed by atoms with Gasteiger partial charge in [0.15, 0.2) is 17.5 Å².